The number of anilines is 1. The maximum atomic E-state index is 13.7. The number of nitrogens with one attached hydrogen (secondary N) is 1. The molecule has 0 aliphatic heterocycles. The summed E-state index contributed by atoms with van der Waals surface area (Å²) in [5.74, 6) is -3.30. The van der Waals surface area contributed by atoms with Crippen LogP contribution >= 0.6 is 0 Å². The summed E-state index contributed by atoms with van der Waals surface area (Å²) >= 11 is 0. The first-order chi connectivity index (χ1) is 9.27. The number of hydrogen-bond donors (Lipinski definition) is 2. The van der Waals surface area contributed by atoms with Crippen LogP contribution < -0.4 is 11.1 Å². The van der Waals surface area contributed by atoms with Gasteiger partial charge in [0.2, 0.25) is 5.91 Å². The Labute approximate surface area is 114 Å². The summed E-state index contributed by atoms with van der Waals surface area (Å²) in [5, 5.41) is 12.9. The second-order valence-electron chi connectivity index (χ2n) is 4.45. The van der Waals surface area contributed by atoms with Gasteiger partial charge in [0, 0.05) is 0 Å². The van der Waals surface area contributed by atoms with E-state index in [9.17, 15) is 23.7 Å². The molecule has 0 spiro atoms. The highest BCUT2D eigenvalue weighted by atomic mass is 19.1. The lowest BCUT2D eigenvalue weighted by Crippen LogP contribution is -2.40. The van der Waals surface area contributed by atoms with Crippen LogP contribution in [-0.2, 0) is 4.79 Å². The number of nitro benzene ring substituents is 1. The quantitative estimate of drug-likeness (QED) is 0.619. The number of primary amides is 1. The zero-order valence-electron chi connectivity index (χ0n) is 11.0. The fraction of sp³-hybridized carbons (Fsp3) is 0.417. The molecule has 1 aromatic carbocycles. The Hall–Kier alpha value is -2.25. The number of nitro groups is 1. The smallest absolute Gasteiger partial charge is 0.275 e. The zero-order chi connectivity index (χ0) is 15.4. The topological polar surface area (TPSA) is 98.3 Å². The van der Waals surface area contributed by atoms with E-state index in [0.717, 1.165) is 0 Å². The normalized spacial score (nSPS) is 13.6. The molecule has 0 bridgehead atoms. The molecule has 8 heteroatoms. The molecule has 2 atom stereocenters. The van der Waals surface area contributed by atoms with Gasteiger partial charge in [-0.3, -0.25) is 14.9 Å². The van der Waals surface area contributed by atoms with E-state index < -0.39 is 39.9 Å². The van der Waals surface area contributed by atoms with Crippen molar-refractivity contribution in [3.8, 4) is 0 Å². The lowest BCUT2D eigenvalue weighted by molar-refractivity contribution is -0.385. The van der Waals surface area contributed by atoms with Gasteiger partial charge in [0.25, 0.3) is 5.69 Å². The van der Waals surface area contributed by atoms with Crippen molar-refractivity contribution in [2.45, 2.75) is 26.3 Å². The number of nitrogens with two attached hydrogens (primary N) is 1. The summed E-state index contributed by atoms with van der Waals surface area (Å²) in [5.41, 5.74) is 3.88. The Kier molecular flexibility index (Phi) is 4.95. The van der Waals surface area contributed by atoms with Crippen molar-refractivity contribution in [3.63, 3.8) is 0 Å². The molecular weight excluding hydrogens is 272 g/mol. The molecule has 1 amide bonds. The highest BCUT2D eigenvalue weighted by molar-refractivity contribution is 5.83. The monoisotopic (exact) mass is 287 g/mol. The number of amides is 1. The number of benzene rings is 1. The van der Waals surface area contributed by atoms with E-state index in [1.54, 1.807) is 13.8 Å². The molecule has 0 aliphatic carbocycles. The van der Waals surface area contributed by atoms with Crippen LogP contribution in [0.15, 0.2) is 12.1 Å². The Morgan fingerprint density at radius 3 is 2.30 bits per heavy atom. The third-order valence-corrected chi connectivity index (χ3v) is 3.06. The van der Waals surface area contributed by atoms with E-state index >= 15 is 0 Å². The van der Waals surface area contributed by atoms with Crippen molar-refractivity contribution in [2.24, 2.45) is 11.7 Å². The molecule has 0 saturated carbocycles. The first-order valence-electron chi connectivity index (χ1n) is 5.97. The Balaban J connectivity index is 3.14. The van der Waals surface area contributed by atoms with Crippen LogP contribution in [0.25, 0.3) is 0 Å². The molecular formula is C12H15F2N3O3. The van der Waals surface area contributed by atoms with Gasteiger partial charge in [-0.2, -0.15) is 0 Å². The molecule has 2 unspecified atom stereocenters. The summed E-state index contributed by atoms with van der Waals surface area (Å²) in [7, 11) is 0. The molecule has 3 N–H and O–H groups in total. The van der Waals surface area contributed by atoms with Crippen LogP contribution in [0.5, 0.6) is 0 Å². The van der Waals surface area contributed by atoms with Gasteiger partial charge in [-0.25, -0.2) is 8.78 Å². The standard InChI is InChI=1S/C12H15F2N3O3/c1-3-6(2)10(12(15)18)16-11-8(13)4-7(17(19)20)5-9(11)14/h4-6,10,16H,3H2,1-2H3,(H2,15,18). The highest BCUT2D eigenvalue weighted by Gasteiger charge is 2.25. The van der Waals surface area contributed by atoms with Crippen molar-refractivity contribution in [3.05, 3.63) is 33.9 Å². The number of carbonyl (C=O) groups excluding carboxylic acids is 1. The van der Waals surface area contributed by atoms with E-state index in [4.69, 9.17) is 5.73 Å². The first-order valence-corrected chi connectivity index (χ1v) is 5.97. The van der Waals surface area contributed by atoms with Gasteiger partial charge in [-0.15, -0.1) is 0 Å². The van der Waals surface area contributed by atoms with Crippen molar-refractivity contribution in [1.82, 2.24) is 0 Å². The Bertz CT molecular complexity index is 514. The summed E-state index contributed by atoms with van der Waals surface area (Å²) in [6.45, 7) is 3.49. The van der Waals surface area contributed by atoms with Gasteiger partial charge in [0.05, 0.1) is 17.1 Å². The van der Waals surface area contributed by atoms with Gasteiger partial charge < -0.3 is 11.1 Å². The van der Waals surface area contributed by atoms with E-state index in [1.807, 2.05) is 0 Å². The third kappa shape index (κ3) is 3.40. The van der Waals surface area contributed by atoms with E-state index in [1.165, 1.54) is 0 Å². The minimum absolute atomic E-state index is 0.249. The van der Waals surface area contributed by atoms with Crippen LogP contribution in [0.4, 0.5) is 20.2 Å². The van der Waals surface area contributed by atoms with Gasteiger partial charge >= 0.3 is 0 Å². The van der Waals surface area contributed by atoms with E-state index in [2.05, 4.69) is 5.32 Å². The van der Waals surface area contributed by atoms with Crippen molar-refractivity contribution >= 4 is 17.3 Å². The van der Waals surface area contributed by atoms with Crippen LogP contribution in [0.3, 0.4) is 0 Å². The maximum Gasteiger partial charge on any atom is 0.275 e. The molecule has 0 radical (unpaired) electrons. The molecule has 1 aromatic rings. The number of non-ortho nitro benzene ring substituents is 1. The average Bonchev–Trinajstić information content (AvgIpc) is 2.36. The number of rotatable bonds is 6. The van der Waals surface area contributed by atoms with Crippen LogP contribution in [0, 0.1) is 27.7 Å². The number of carbonyl (C=O) groups is 1. The average molecular weight is 287 g/mol. The molecule has 6 nitrogen and oxygen atoms in total. The molecule has 0 heterocycles. The van der Waals surface area contributed by atoms with E-state index in [0.29, 0.717) is 18.6 Å². The lowest BCUT2D eigenvalue weighted by atomic mass is 9.98. The molecule has 0 aliphatic rings. The molecule has 0 aromatic heterocycles. The van der Waals surface area contributed by atoms with Crippen molar-refractivity contribution in [2.75, 3.05) is 5.32 Å². The summed E-state index contributed by atoms with van der Waals surface area (Å²) < 4.78 is 27.4. The second kappa shape index (κ2) is 6.27. The maximum absolute atomic E-state index is 13.7. The summed E-state index contributed by atoms with van der Waals surface area (Å²) in [6, 6.07) is 0.200. The van der Waals surface area contributed by atoms with Crippen LogP contribution in [-0.4, -0.2) is 16.9 Å². The van der Waals surface area contributed by atoms with Gasteiger partial charge in [0.1, 0.15) is 11.7 Å². The number of halogens is 2. The molecule has 0 fully saturated rings. The first kappa shape index (κ1) is 15.8. The molecule has 1 rings (SSSR count). The summed E-state index contributed by atoms with van der Waals surface area (Å²) in [4.78, 5) is 20.9. The van der Waals surface area contributed by atoms with Crippen molar-refractivity contribution < 1.29 is 18.5 Å². The van der Waals surface area contributed by atoms with Gasteiger partial charge in [-0.05, 0) is 5.92 Å². The van der Waals surface area contributed by atoms with Crippen LogP contribution in [0.1, 0.15) is 20.3 Å². The predicted molar refractivity (Wildman–Crippen MR) is 69.1 cm³/mol. The minimum Gasteiger partial charge on any atom is -0.369 e. The molecule has 0 saturated heterocycles. The SMILES string of the molecule is CCC(C)C(Nc1c(F)cc([N+](=O)[O-])cc1F)C(N)=O. The van der Waals surface area contributed by atoms with Crippen LogP contribution in [0.2, 0.25) is 0 Å². The number of hydrogen-bond acceptors (Lipinski definition) is 4. The fourth-order valence-electron chi connectivity index (χ4n) is 1.69. The van der Waals surface area contributed by atoms with Crippen molar-refractivity contribution in [1.29, 1.82) is 0 Å². The Morgan fingerprint density at radius 1 is 1.45 bits per heavy atom. The zero-order valence-corrected chi connectivity index (χ0v) is 11.0. The summed E-state index contributed by atoms with van der Waals surface area (Å²) in [6.07, 6.45) is 0.566. The van der Waals surface area contributed by atoms with Gasteiger partial charge in [0.15, 0.2) is 11.6 Å². The largest absolute Gasteiger partial charge is 0.369 e. The third-order valence-electron chi connectivity index (χ3n) is 3.06. The second-order valence-corrected chi connectivity index (χ2v) is 4.45. The molecule has 20 heavy (non-hydrogen) atoms. The molecule has 110 valence electrons. The van der Waals surface area contributed by atoms with Gasteiger partial charge in [-0.1, -0.05) is 20.3 Å². The Morgan fingerprint density at radius 2 is 1.95 bits per heavy atom. The lowest BCUT2D eigenvalue weighted by Gasteiger charge is -2.22. The predicted octanol–water partition coefficient (Wildman–Crippen LogP) is 2.18. The van der Waals surface area contributed by atoms with E-state index in [-0.39, 0.29) is 5.92 Å². The minimum atomic E-state index is -1.15. The highest BCUT2D eigenvalue weighted by Crippen LogP contribution is 2.26. The number of nitrogens with zero attached hydrogens (tertiary/aromatic N) is 1. The fourth-order valence-corrected chi connectivity index (χ4v) is 1.69.